The largest absolute Gasteiger partial charge is 0.413 e. The summed E-state index contributed by atoms with van der Waals surface area (Å²) in [4.78, 5) is 54.7. The molecule has 0 N–H and O–H groups in total. The van der Waals surface area contributed by atoms with Crippen LogP contribution in [0.15, 0.2) is 109 Å². The van der Waals surface area contributed by atoms with Crippen LogP contribution in [0.4, 0.5) is 57.9 Å². The molecule has 4 aliphatic rings. The van der Waals surface area contributed by atoms with Crippen molar-refractivity contribution in [3.05, 3.63) is 131 Å². The van der Waals surface area contributed by atoms with Gasteiger partial charge in [-0.05, 0) is 24.3 Å². The highest BCUT2D eigenvalue weighted by atomic mass is 19.4. The Labute approximate surface area is 313 Å². The molecule has 8 rings (SSSR count). The first-order valence-electron chi connectivity index (χ1n) is 16.7. The van der Waals surface area contributed by atoms with Crippen LogP contribution in [0.25, 0.3) is 11.1 Å². The van der Waals surface area contributed by atoms with Gasteiger partial charge in [0.05, 0.1) is 22.5 Å². The lowest BCUT2D eigenvalue weighted by Gasteiger charge is -2.30. The summed E-state index contributed by atoms with van der Waals surface area (Å²) in [5, 5.41) is 0. The van der Waals surface area contributed by atoms with E-state index in [4.69, 9.17) is 0 Å². The molecule has 4 heterocycles. The van der Waals surface area contributed by atoms with Crippen LogP contribution in [-0.2, 0) is 30.0 Å². The van der Waals surface area contributed by atoms with Gasteiger partial charge in [-0.3, -0.25) is 19.2 Å². The molecule has 4 aliphatic heterocycles. The fourth-order valence-corrected chi connectivity index (χ4v) is 7.88. The predicted octanol–water partition coefficient (Wildman–Crippen LogP) is 7.64. The lowest BCUT2D eigenvalue weighted by molar-refractivity contribution is -0.187. The first-order chi connectivity index (χ1) is 26.3. The van der Waals surface area contributed by atoms with E-state index in [1.807, 2.05) is 0 Å². The number of rotatable bonds is 2. The number of anilines is 4. The quantitative estimate of drug-likeness (QED) is 0.155. The minimum absolute atomic E-state index is 0.0240. The molecule has 0 spiro atoms. The molecule has 288 valence electrons. The number of benzene rings is 4. The zero-order valence-corrected chi connectivity index (χ0v) is 29.7. The Morgan fingerprint density at radius 1 is 0.446 bits per heavy atom. The van der Waals surface area contributed by atoms with E-state index >= 15 is 8.78 Å². The summed E-state index contributed by atoms with van der Waals surface area (Å²) in [5.74, 6) is -8.42. The molecular formula is C40H28F8N4O4. The van der Waals surface area contributed by atoms with E-state index < -0.39 is 80.7 Å². The minimum Gasteiger partial charge on any atom is -0.314 e. The van der Waals surface area contributed by atoms with Crippen molar-refractivity contribution in [2.45, 2.75) is 23.2 Å². The van der Waals surface area contributed by atoms with Gasteiger partial charge in [-0.15, -0.1) is 0 Å². The van der Waals surface area contributed by atoms with Gasteiger partial charge in [-0.2, -0.15) is 26.3 Å². The highest BCUT2D eigenvalue weighted by Crippen LogP contribution is 2.59. The molecule has 0 fully saturated rings. The third kappa shape index (κ3) is 4.76. The molecule has 8 nitrogen and oxygen atoms in total. The number of carbonyl (C=O) groups is 4. The van der Waals surface area contributed by atoms with Crippen LogP contribution in [-0.4, -0.2) is 64.2 Å². The topological polar surface area (TPSA) is 81.2 Å². The fraction of sp³-hybridized carbons (Fsp3) is 0.200. The predicted molar refractivity (Wildman–Crippen MR) is 191 cm³/mol. The highest BCUT2D eigenvalue weighted by Gasteiger charge is 2.72. The SMILES string of the molecule is CN1C(=O)/C(=C(/F)[C@@]2(C(F)(F)F)C(=O)N(C)c3ccccc32)c2ccccc21.CN1C(=O)/C(=C(/F)[C@]2(C(F)(F)F)C(=O)N(C)c3ccccc32)c2ccccc21. The van der Waals surface area contributed by atoms with E-state index in [2.05, 4.69) is 0 Å². The van der Waals surface area contributed by atoms with Crippen molar-refractivity contribution in [3.63, 3.8) is 0 Å². The van der Waals surface area contributed by atoms with Crippen LogP contribution in [0, 0.1) is 0 Å². The van der Waals surface area contributed by atoms with Crippen LogP contribution in [0.2, 0.25) is 0 Å². The Morgan fingerprint density at radius 3 is 1.05 bits per heavy atom. The minimum atomic E-state index is -5.29. The Balaban J connectivity index is 0.000000172. The molecule has 0 bridgehead atoms. The monoisotopic (exact) mass is 780 g/mol. The van der Waals surface area contributed by atoms with Gasteiger partial charge in [0.2, 0.25) is 10.8 Å². The second kappa shape index (κ2) is 12.6. The molecule has 56 heavy (non-hydrogen) atoms. The molecule has 4 amide bonds. The third-order valence-electron chi connectivity index (χ3n) is 10.6. The molecule has 0 unspecified atom stereocenters. The van der Waals surface area contributed by atoms with E-state index in [0.717, 1.165) is 45.8 Å². The fourth-order valence-electron chi connectivity index (χ4n) is 7.88. The van der Waals surface area contributed by atoms with Gasteiger partial charge in [-0.1, -0.05) is 72.8 Å². The molecule has 0 saturated heterocycles. The van der Waals surface area contributed by atoms with Crippen molar-refractivity contribution in [1.82, 2.24) is 0 Å². The molecule has 0 radical (unpaired) electrons. The van der Waals surface area contributed by atoms with Gasteiger partial charge >= 0.3 is 12.4 Å². The number of nitrogens with zero attached hydrogens (tertiary/aromatic N) is 4. The van der Waals surface area contributed by atoms with E-state index in [9.17, 15) is 45.5 Å². The summed E-state index contributed by atoms with van der Waals surface area (Å²) in [7, 11) is 5.00. The first-order valence-corrected chi connectivity index (χ1v) is 16.7. The number of hydrogen-bond donors (Lipinski definition) is 0. The van der Waals surface area contributed by atoms with E-state index in [1.165, 1.54) is 86.9 Å². The number of carbonyl (C=O) groups excluding carboxylic acids is 4. The second-order valence-electron chi connectivity index (χ2n) is 13.4. The van der Waals surface area contributed by atoms with Crippen LogP contribution >= 0.6 is 0 Å². The average molecular weight is 781 g/mol. The number of para-hydroxylation sites is 4. The maximum atomic E-state index is 15.8. The Kier molecular flexibility index (Phi) is 8.55. The number of likely N-dealkylation sites (N-methyl/N-ethyl adjacent to an activating group) is 4. The number of halogens is 8. The molecule has 2 atom stereocenters. The molecule has 0 aromatic heterocycles. The smallest absolute Gasteiger partial charge is 0.314 e. The Morgan fingerprint density at radius 2 is 0.732 bits per heavy atom. The van der Waals surface area contributed by atoms with Gasteiger partial charge in [0, 0.05) is 61.8 Å². The van der Waals surface area contributed by atoms with Crippen molar-refractivity contribution in [2.75, 3.05) is 47.8 Å². The first kappa shape index (κ1) is 38.0. The summed E-state index contributed by atoms with van der Waals surface area (Å²) in [6.07, 6.45) is -10.6. The van der Waals surface area contributed by atoms with Gasteiger partial charge < -0.3 is 19.6 Å². The van der Waals surface area contributed by atoms with Crippen molar-refractivity contribution in [3.8, 4) is 0 Å². The maximum absolute atomic E-state index is 15.8. The van der Waals surface area contributed by atoms with Gasteiger partial charge in [0.15, 0.2) is 0 Å². The Bertz CT molecular complexity index is 2290. The number of hydrogen-bond acceptors (Lipinski definition) is 4. The highest BCUT2D eigenvalue weighted by molar-refractivity contribution is 6.35. The number of fused-ring (bicyclic) bond motifs is 4. The summed E-state index contributed by atoms with van der Waals surface area (Å²) >= 11 is 0. The summed E-state index contributed by atoms with van der Waals surface area (Å²) in [5.41, 5.74) is -9.16. The van der Waals surface area contributed by atoms with Gasteiger partial charge in [-0.25, -0.2) is 8.78 Å². The summed E-state index contributed by atoms with van der Waals surface area (Å²) < 4.78 is 118. The molecule has 4 aromatic carbocycles. The lowest BCUT2D eigenvalue weighted by Crippen LogP contribution is -2.51. The Hall–Kier alpha value is -6.32. The molecular weight excluding hydrogens is 752 g/mol. The van der Waals surface area contributed by atoms with Crippen LogP contribution in [0.5, 0.6) is 0 Å². The van der Waals surface area contributed by atoms with Crippen LogP contribution < -0.4 is 19.6 Å². The summed E-state index contributed by atoms with van der Waals surface area (Å²) in [6.45, 7) is 0. The van der Waals surface area contributed by atoms with E-state index in [0.29, 0.717) is 0 Å². The van der Waals surface area contributed by atoms with Crippen molar-refractivity contribution in [1.29, 1.82) is 0 Å². The van der Waals surface area contributed by atoms with Crippen LogP contribution in [0.3, 0.4) is 0 Å². The standard InChI is InChI=1S/2C20H14F4N2O2/c2*1-25-13-9-5-3-7-11(13)15(17(25)27)16(21)19(20(22,23)24)12-8-4-6-10-14(12)26(2)18(19)28/h2*3-10H,1-2H3/b2*16-15+/t2*19-/m10/s1. The zero-order valence-electron chi connectivity index (χ0n) is 29.7. The zero-order chi connectivity index (χ0) is 40.9. The molecule has 0 aliphatic carbocycles. The number of amides is 4. The summed E-state index contributed by atoms with van der Waals surface area (Å²) in [6, 6.07) is 22.2. The normalized spacial score (nSPS) is 23.2. The second-order valence-corrected chi connectivity index (χ2v) is 13.4. The third-order valence-corrected chi connectivity index (χ3v) is 10.6. The van der Waals surface area contributed by atoms with Crippen molar-refractivity contribution >= 4 is 57.5 Å². The average Bonchev–Trinajstić information content (AvgIpc) is 3.75. The molecule has 16 heteroatoms. The van der Waals surface area contributed by atoms with Crippen molar-refractivity contribution < 1.29 is 54.3 Å². The molecule has 4 aromatic rings. The van der Waals surface area contributed by atoms with E-state index in [-0.39, 0.29) is 33.9 Å². The number of alkyl halides is 6. The van der Waals surface area contributed by atoms with Gasteiger partial charge in [0.25, 0.3) is 23.6 Å². The maximum Gasteiger partial charge on any atom is 0.413 e. The van der Waals surface area contributed by atoms with E-state index in [1.54, 1.807) is 12.1 Å². The molecule has 0 saturated carbocycles. The lowest BCUT2D eigenvalue weighted by atomic mass is 9.77. The van der Waals surface area contributed by atoms with Crippen LogP contribution in [0.1, 0.15) is 22.3 Å². The van der Waals surface area contributed by atoms with Crippen molar-refractivity contribution in [2.24, 2.45) is 0 Å². The van der Waals surface area contributed by atoms with Gasteiger partial charge in [0.1, 0.15) is 11.7 Å².